The van der Waals surface area contributed by atoms with Crippen molar-refractivity contribution in [1.82, 2.24) is 9.80 Å². The van der Waals surface area contributed by atoms with Gasteiger partial charge in [-0.3, -0.25) is 9.80 Å². The number of rotatable bonds is 7. The topological polar surface area (TPSA) is 18.5 Å². The fourth-order valence-electron chi connectivity index (χ4n) is 4.23. The third-order valence-electron chi connectivity index (χ3n) is 6.15. The van der Waals surface area contributed by atoms with Crippen molar-refractivity contribution >= 4 is 17.3 Å². The summed E-state index contributed by atoms with van der Waals surface area (Å²) in [5.41, 5.74) is 3.88. The van der Waals surface area contributed by atoms with Gasteiger partial charge in [0.15, 0.2) is 0 Å². The van der Waals surface area contributed by atoms with Crippen molar-refractivity contribution in [2.45, 2.75) is 38.8 Å². The zero-order chi connectivity index (χ0) is 19.5. The van der Waals surface area contributed by atoms with Crippen LogP contribution in [0.2, 0.25) is 5.02 Å². The molecule has 3 nitrogen and oxygen atoms in total. The maximum atomic E-state index is 6.47. The number of piperazine rings is 1. The molecule has 0 bridgehead atoms. The van der Waals surface area contributed by atoms with Crippen molar-refractivity contribution in [2.75, 3.05) is 38.0 Å². The molecule has 1 aliphatic heterocycles. The van der Waals surface area contributed by atoms with Crippen LogP contribution in [-0.4, -0.2) is 48.6 Å². The highest BCUT2D eigenvalue weighted by molar-refractivity contribution is 6.30. The van der Waals surface area contributed by atoms with Crippen LogP contribution in [0.15, 0.2) is 48.5 Å². The SMILES string of the molecule is CC(C)N1CCN(C(c2ccccc2)c2cc(Cl)ccc2NCC2CC2)CC1. The number of nitrogens with zero attached hydrogens (tertiary/aromatic N) is 2. The summed E-state index contributed by atoms with van der Waals surface area (Å²) >= 11 is 6.47. The van der Waals surface area contributed by atoms with Gasteiger partial charge < -0.3 is 5.32 Å². The molecule has 4 heteroatoms. The summed E-state index contributed by atoms with van der Waals surface area (Å²) in [6, 6.07) is 18.1. The molecule has 2 fully saturated rings. The van der Waals surface area contributed by atoms with E-state index in [1.54, 1.807) is 0 Å². The van der Waals surface area contributed by atoms with Crippen molar-refractivity contribution in [3.8, 4) is 0 Å². The lowest BCUT2D eigenvalue weighted by molar-refractivity contribution is 0.0894. The lowest BCUT2D eigenvalue weighted by Gasteiger charge is -2.41. The highest BCUT2D eigenvalue weighted by atomic mass is 35.5. The minimum Gasteiger partial charge on any atom is -0.384 e. The van der Waals surface area contributed by atoms with Crippen molar-refractivity contribution in [1.29, 1.82) is 0 Å². The van der Waals surface area contributed by atoms with E-state index in [4.69, 9.17) is 11.6 Å². The molecule has 0 amide bonds. The van der Waals surface area contributed by atoms with Gasteiger partial charge in [0, 0.05) is 49.5 Å². The van der Waals surface area contributed by atoms with Crippen molar-refractivity contribution < 1.29 is 0 Å². The predicted molar refractivity (Wildman–Crippen MR) is 119 cm³/mol. The molecule has 0 radical (unpaired) electrons. The summed E-state index contributed by atoms with van der Waals surface area (Å²) in [7, 11) is 0. The van der Waals surface area contributed by atoms with Gasteiger partial charge in [-0.05, 0) is 61.9 Å². The predicted octanol–water partition coefficient (Wildman–Crippen LogP) is 5.28. The Hall–Kier alpha value is -1.55. The van der Waals surface area contributed by atoms with E-state index in [0.717, 1.165) is 43.7 Å². The third-order valence-corrected chi connectivity index (χ3v) is 6.38. The fraction of sp³-hybridized carbons (Fsp3) is 0.500. The maximum Gasteiger partial charge on any atom is 0.0623 e. The minimum absolute atomic E-state index is 0.232. The monoisotopic (exact) mass is 397 g/mol. The molecule has 0 spiro atoms. The maximum absolute atomic E-state index is 6.47. The molecule has 1 heterocycles. The molecule has 1 atom stereocenters. The summed E-state index contributed by atoms with van der Waals surface area (Å²) in [4.78, 5) is 5.20. The number of hydrogen-bond acceptors (Lipinski definition) is 3. The number of anilines is 1. The Kier molecular flexibility index (Phi) is 6.25. The van der Waals surface area contributed by atoms with Gasteiger partial charge >= 0.3 is 0 Å². The molecule has 28 heavy (non-hydrogen) atoms. The average molecular weight is 398 g/mol. The van der Waals surface area contributed by atoms with Crippen LogP contribution in [0.5, 0.6) is 0 Å². The normalized spacial score (nSPS) is 19.7. The Balaban J connectivity index is 1.65. The van der Waals surface area contributed by atoms with E-state index in [1.165, 1.54) is 29.7 Å². The lowest BCUT2D eigenvalue weighted by Crippen LogP contribution is -2.50. The van der Waals surface area contributed by atoms with E-state index in [0.29, 0.717) is 6.04 Å². The van der Waals surface area contributed by atoms with Crippen LogP contribution >= 0.6 is 11.6 Å². The van der Waals surface area contributed by atoms with E-state index in [9.17, 15) is 0 Å². The van der Waals surface area contributed by atoms with Gasteiger partial charge in [0.1, 0.15) is 0 Å². The second kappa shape index (κ2) is 8.86. The lowest BCUT2D eigenvalue weighted by atomic mass is 9.94. The van der Waals surface area contributed by atoms with E-state index in [-0.39, 0.29) is 6.04 Å². The molecule has 2 aromatic rings. The van der Waals surface area contributed by atoms with E-state index < -0.39 is 0 Å². The van der Waals surface area contributed by atoms with Crippen LogP contribution in [0.25, 0.3) is 0 Å². The molecule has 2 aliphatic rings. The van der Waals surface area contributed by atoms with Crippen LogP contribution in [-0.2, 0) is 0 Å². The Bertz CT molecular complexity index is 765. The smallest absolute Gasteiger partial charge is 0.0623 e. The molecule has 1 saturated carbocycles. The zero-order valence-electron chi connectivity index (χ0n) is 17.1. The van der Waals surface area contributed by atoms with Crippen molar-refractivity contribution in [2.24, 2.45) is 5.92 Å². The number of hydrogen-bond donors (Lipinski definition) is 1. The van der Waals surface area contributed by atoms with Crippen LogP contribution in [0.3, 0.4) is 0 Å². The standard InChI is InChI=1S/C24H32ClN3/c1-18(2)27-12-14-28(15-13-27)24(20-6-4-3-5-7-20)22-16-21(25)10-11-23(22)26-17-19-8-9-19/h3-7,10-11,16,18-19,24,26H,8-9,12-15,17H2,1-2H3. The Morgan fingerprint density at radius 2 is 1.64 bits per heavy atom. The molecule has 1 unspecified atom stereocenters. The molecule has 1 saturated heterocycles. The van der Waals surface area contributed by atoms with Gasteiger partial charge in [-0.1, -0.05) is 41.9 Å². The first-order valence-corrected chi connectivity index (χ1v) is 11.1. The van der Waals surface area contributed by atoms with Gasteiger partial charge in [-0.2, -0.15) is 0 Å². The van der Waals surface area contributed by atoms with Crippen LogP contribution in [0.1, 0.15) is 43.9 Å². The van der Waals surface area contributed by atoms with Gasteiger partial charge in [0.2, 0.25) is 0 Å². The molecule has 1 aliphatic carbocycles. The highest BCUT2D eigenvalue weighted by Crippen LogP contribution is 2.37. The fourth-order valence-corrected chi connectivity index (χ4v) is 4.41. The number of nitrogens with one attached hydrogen (secondary N) is 1. The van der Waals surface area contributed by atoms with Gasteiger partial charge in [-0.15, -0.1) is 0 Å². The average Bonchev–Trinajstić information content (AvgIpc) is 3.53. The second-order valence-corrected chi connectivity index (χ2v) is 8.97. The Labute approximate surface area is 174 Å². The summed E-state index contributed by atoms with van der Waals surface area (Å²) < 4.78 is 0. The molecule has 4 rings (SSSR count). The molecule has 1 N–H and O–H groups in total. The van der Waals surface area contributed by atoms with Gasteiger partial charge in [0.05, 0.1) is 6.04 Å². The molecular formula is C24H32ClN3. The third kappa shape index (κ3) is 4.71. The summed E-state index contributed by atoms with van der Waals surface area (Å²) in [5, 5.41) is 4.54. The molecule has 0 aromatic heterocycles. The zero-order valence-corrected chi connectivity index (χ0v) is 17.8. The van der Waals surface area contributed by atoms with E-state index >= 15 is 0 Å². The summed E-state index contributed by atoms with van der Waals surface area (Å²) in [6.07, 6.45) is 2.71. The first-order valence-electron chi connectivity index (χ1n) is 10.7. The number of halogens is 1. The second-order valence-electron chi connectivity index (χ2n) is 8.53. The molecule has 2 aromatic carbocycles. The number of benzene rings is 2. The van der Waals surface area contributed by atoms with Crippen LogP contribution < -0.4 is 5.32 Å². The first-order chi connectivity index (χ1) is 13.6. The Morgan fingerprint density at radius 3 is 2.29 bits per heavy atom. The van der Waals surface area contributed by atoms with E-state index in [1.807, 2.05) is 6.07 Å². The minimum atomic E-state index is 0.232. The van der Waals surface area contributed by atoms with Crippen LogP contribution in [0, 0.1) is 5.92 Å². The largest absolute Gasteiger partial charge is 0.384 e. The molecule has 150 valence electrons. The van der Waals surface area contributed by atoms with Gasteiger partial charge in [0.25, 0.3) is 0 Å². The van der Waals surface area contributed by atoms with Gasteiger partial charge in [-0.25, -0.2) is 0 Å². The van der Waals surface area contributed by atoms with Crippen molar-refractivity contribution in [3.63, 3.8) is 0 Å². The van der Waals surface area contributed by atoms with Crippen LogP contribution in [0.4, 0.5) is 5.69 Å². The molecular weight excluding hydrogens is 366 g/mol. The van der Waals surface area contributed by atoms with E-state index in [2.05, 4.69) is 71.4 Å². The quantitative estimate of drug-likeness (QED) is 0.685. The summed E-state index contributed by atoms with van der Waals surface area (Å²) in [6.45, 7) is 10.0. The summed E-state index contributed by atoms with van der Waals surface area (Å²) in [5.74, 6) is 0.841. The Morgan fingerprint density at radius 1 is 0.964 bits per heavy atom. The first kappa shape index (κ1) is 19.8. The highest BCUT2D eigenvalue weighted by Gasteiger charge is 2.29. The van der Waals surface area contributed by atoms with Crippen molar-refractivity contribution in [3.05, 3.63) is 64.7 Å².